The first-order valence-corrected chi connectivity index (χ1v) is 6.38. The van der Waals surface area contributed by atoms with E-state index in [0.29, 0.717) is 5.69 Å². The van der Waals surface area contributed by atoms with E-state index in [4.69, 9.17) is 9.84 Å². The summed E-state index contributed by atoms with van der Waals surface area (Å²) in [6, 6.07) is -0.515. The van der Waals surface area contributed by atoms with Gasteiger partial charge in [0.05, 0.1) is 17.9 Å². The molecular weight excluding hydrogens is 262 g/mol. The number of H-pyrrole nitrogens is 1. The van der Waals surface area contributed by atoms with Crippen LogP contribution >= 0.6 is 0 Å². The molecule has 0 saturated carbocycles. The highest BCUT2D eigenvalue weighted by atomic mass is 16.6. The summed E-state index contributed by atoms with van der Waals surface area (Å²) in [5, 5.41) is 18.1. The van der Waals surface area contributed by atoms with Gasteiger partial charge in [-0.25, -0.2) is 9.59 Å². The second-order valence-corrected chi connectivity index (χ2v) is 5.87. The van der Waals surface area contributed by atoms with Crippen molar-refractivity contribution < 1.29 is 19.4 Å². The molecule has 0 aliphatic carbocycles. The Morgan fingerprint density at radius 1 is 1.40 bits per heavy atom. The van der Waals surface area contributed by atoms with Crippen molar-refractivity contribution >= 4 is 12.1 Å². The Labute approximate surface area is 117 Å². The number of hydrogen-bond donors (Lipinski definition) is 3. The Morgan fingerprint density at radius 2 is 2.00 bits per heavy atom. The number of carbonyl (C=O) groups is 2. The second kappa shape index (κ2) is 5.94. The van der Waals surface area contributed by atoms with Gasteiger partial charge in [0.25, 0.3) is 0 Å². The van der Waals surface area contributed by atoms with Crippen LogP contribution in [0.2, 0.25) is 0 Å². The summed E-state index contributed by atoms with van der Waals surface area (Å²) in [5.41, 5.74) is -0.215. The number of aromatic amines is 1. The molecule has 0 radical (unpaired) electrons. The Hall–Kier alpha value is -2.05. The number of nitrogens with one attached hydrogen (secondary N) is 2. The summed E-state index contributed by atoms with van der Waals surface area (Å²) in [6.07, 6.45) is 0.631. The fourth-order valence-electron chi connectivity index (χ4n) is 1.71. The van der Waals surface area contributed by atoms with Gasteiger partial charge in [0.1, 0.15) is 11.2 Å². The quantitative estimate of drug-likeness (QED) is 0.786. The van der Waals surface area contributed by atoms with Crippen LogP contribution in [0.1, 0.15) is 56.7 Å². The standard InChI is InChI=1S/C13H21N3O4/c1-7(2)9(15-12(19)20-13(3,4)5)10-8(11(17)18)6-14-16-10/h6-7,9H,1-5H3,(H,14,16)(H,15,19)(H,17,18). The zero-order valence-corrected chi connectivity index (χ0v) is 12.4. The third-order valence-electron chi connectivity index (χ3n) is 2.55. The molecule has 1 amide bonds. The molecule has 20 heavy (non-hydrogen) atoms. The lowest BCUT2D eigenvalue weighted by Gasteiger charge is -2.25. The lowest BCUT2D eigenvalue weighted by atomic mass is 9.98. The Bertz CT molecular complexity index is 488. The van der Waals surface area contributed by atoms with Crippen molar-refractivity contribution in [2.24, 2.45) is 5.92 Å². The third-order valence-corrected chi connectivity index (χ3v) is 2.55. The van der Waals surface area contributed by atoms with Gasteiger partial charge in [-0.15, -0.1) is 0 Å². The molecule has 1 rings (SSSR count). The molecule has 7 heteroatoms. The average molecular weight is 283 g/mol. The summed E-state index contributed by atoms with van der Waals surface area (Å²) in [6.45, 7) is 9.02. The normalized spacial score (nSPS) is 13.1. The molecule has 7 nitrogen and oxygen atoms in total. The zero-order chi connectivity index (χ0) is 15.5. The molecule has 3 N–H and O–H groups in total. The summed E-state index contributed by atoms with van der Waals surface area (Å²) < 4.78 is 5.18. The molecule has 112 valence electrons. The van der Waals surface area contributed by atoms with E-state index in [1.54, 1.807) is 20.8 Å². The summed E-state index contributed by atoms with van der Waals surface area (Å²) in [7, 11) is 0. The van der Waals surface area contributed by atoms with E-state index in [0.717, 1.165) is 0 Å². The van der Waals surface area contributed by atoms with Crippen molar-refractivity contribution in [3.8, 4) is 0 Å². The largest absolute Gasteiger partial charge is 0.478 e. The molecule has 1 heterocycles. The molecule has 1 aromatic heterocycles. The minimum Gasteiger partial charge on any atom is -0.478 e. The average Bonchev–Trinajstić information content (AvgIpc) is 2.71. The Balaban J connectivity index is 2.93. The fraction of sp³-hybridized carbons (Fsp3) is 0.615. The highest BCUT2D eigenvalue weighted by Gasteiger charge is 2.27. The summed E-state index contributed by atoms with van der Waals surface area (Å²) in [5.74, 6) is -1.12. The topological polar surface area (TPSA) is 104 Å². The van der Waals surface area contributed by atoms with Crippen LogP contribution in [0.3, 0.4) is 0 Å². The van der Waals surface area contributed by atoms with Gasteiger partial charge in [-0.3, -0.25) is 5.10 Å². The van der Waals surface area contributed by atoms with Crippen LogP contribution in [0.4, 0.5) is 4.79 Å². The molecule has 0 aliphatic rings. The third kappa shape index (κ3) is 4.25. The minimum atomic E-state index is -1.09. The van der Waals surface area contributed by atoms with Gasteiger partial charge in [0.2, 0.25) is 0 Å². The predicted molar refractivity (Wildman–Crippen MR) is 72.5 cm³/mol. The zero-order valence-electron chi connectivity index (χ0n) is 12.4. The number of aromatic carboxylic acids is 1. The second-order valence-electron chi connectivity index (χ2n) is 5.87. The number of ether oxygens (including phenoxy) is 1. The van der Waals surface area contributed by atoms with Crippen LogP contribution < -0.4 is 5.32 Å². The van der Waals surface area contributed by atoms with E-state index in [1.807, 2.05) is 13.8 Å². The van der Waals surface area contributed by atoms with E-state index in [1.165, 1.54) is 6.20 Å². The number of alkyl carbamates (subject to hydrolysis) is 1. The maximum Gasteiger partial charge on any atom is 0.408 e. The first kappa shape index (κ1) is 16.0. The van der Waals surface area contributed by atoms with E-state index >= 15 is 0 Å². The lowest BCUT2D eigenvalue weighted by Crippen LogP contribution is -2.37. The van der Waals surface area contributed by atoms with Crippen molar-refractivity contribution in [2.75, 3.05) is 0 Å². The Morgan fingerprint density at radius 3 is 2.45 bits per heavy atom. The number of aromatic nitrogens is 2. The fourth-order valence-corrected chi connectivity index (χ4v) is 1.71. The van der Waals surface area contributed by atoms with Crippen molar-refractivity contribution in [2.45, 2.75) is 46.3 Å². The highest BCUT2D eigenvalue weighted by molar-refractivity contribution is 5.89. The van der Waals surface area contributed by atoms with Crippen molar-refractivity contribution in [1.29, 1.82) is 0 Å². The van der Waals surface area contributed by atoms with Crippen LogP contribution in [0.15, 0.2) is 6.20 Å². The van der Waals surface area contributed by atoms with Gasteiger partial charge in [0, 0.05) is 0 Å². The van der Waals surface area contributed by atoms with Crippen molar-refractivity contribution in [3.63, 3.8) is 0 Å². The van der Waals surface area contributed by atoms with Crippen molar-refractivity contribution in [3.05, 3.63) is 17.5 Å². The Kier molecular flexibility index (Phi) is 4.75. The number of amides is 1. The van der Waals surface area contributed by atoms with Crippen molar-refractivity contribution in [1.82, 2.24) is 15.5 Å². The number of rotatable bonds is 4. The summed E-state index contributed by atoms with van der Waals surface area (Å²) >= 11 is 0. The van der Waals surface area contributed by atoms with E-state index in [-0.39, 0.29) is 11.5 Å². The molecule has 0 aliphatic heterocycles. The number of hydrogen-bond acceptors (Lipinski definition) is 4. The lowest BCUT2D eigenvalue weighted by molar-refractivity contribution is 0.0484. The van der Waals surface area contributed by atoms with Gasteiger partial charge in [-0.2, -0.15) is 5.10 Å². The molecule has 0 fully saturated rings. The molecule has 0 spiro atoms. The molecule has 0 saturated heterocycles. The molecule has 0 bridgehead atoms. The minimum absolute atomic E-state index is 0.0268. The van der Waals surface area contributed by atoms with Crippen LogP contribution in [0.5, 0.6) is 0 Å². The number of carboxylic acids is 1. The first-order chi connectivity index (χ1) is 9.11. The number of carbonyl (C=O) groups excluding carboxylic acids is 1. The van der Waals surface area contributed by atoms with E-state index < -0.39 is 23.7 Å². The van der Waals surface area contributed by atoms with Crippen LogP contribution in [-0.2, 0) is 4.74 Å². The molecule has 1 unspecified atom stereocenters. The number of carboxylic acid groups (broad SMARTS) is 1. The smallest absolute Gasteiger partial charge is 0.408 e. The van der Waals surface area contributed by atoms with Crippen LogP contribution in [0, 0.1) is 5.92 Å². The number of nitrogens with zero attached hydrogens (tertiary/aromatic N) is 1. The molecular formula is C13H21N3O4. The molecule has 1 aromatic rings. The maximum atomic E-state index is 11.8. The highest BCUT2D eigenvalue weighted by Crippen LogP contribution is 2.23. The van der Waals surface area contributed by atoms with Gasteiger partial charge < -0.3 is 15.2 Å². The van der Waals surface area contributed by atoms with Gasteiger partial charge in [-0.05, 0) is 26.7 Å². The maximum absolute atomic E-state index is 11.8. The van der Waals surface area contributed by atoms with Crippen LogP contribution in [-0.4, -0.2) is 33.0 Å². The molecule has 0 aromatic carbocycles. The van der Waals surface area contributed by atoms with Gasteiger partial charge in [-0.1, -0.05) is 13.8 Å². The monoisotopic (exact) mass is 283 g/mol. The van der Waals surface area contributed by atoms with E-state index in [9.17, 15) is 9.59 Å². The van der Waals surface area contributed by atoms with Gasteiger partial charge >= 0.3 is 12.1 Å². The van der Waals surface area contributed by atoms with Gasteiger partial charge in [0.15, 0.2) is 0 Å². The van der Waals surface area contributed by atoms with E-state index in [2.05, 4.69) is 15.5 Å². The predicted octanol–water partition coefficient (Wildman–Crippen LogP) is 2.33. The van der Waals surface area contributed by atoms with Crippen LogP contribution in [0.25, 0.3) is 0 Å². The summed E-state index contributed by atoms with van der Waals surface area (Å²) in [4.78, 5) is 23.0. The molecule has 1 atom stereocenters. The SMILES string of the molecule is CC(C)C(NC(=O)OC(C)(C)C)c1[nH]ncc1C(=O)O. The first-order valence-electron chi connectivity index (χ1n) is 6.38.